The van der Waals surface area contributed by atoms with Gasteiger partial charge in [-0.25, -0.2) is 0 Å². The molecule has 0 radical (unpaired) electrons. The van der Waals surface area contributed by atoms with Crippen molar-refractivity contribution in [2.45, 2.75) is 57.7 Å². The Morgan fingerprint density at radius 3 is 2.61 bits per heavy atom. The Hall–Kier alpha value is -3.06. The Morgan fingerprint density at radius 2 is 1.85 bits per heavy atom. The predicted octanol–water partition coefficient (Wildman–Crippen LogP) is 5.03. The van der Waals surface area contributed by atoms with Crippen molar-refractivity contribution in [3.8, 4) is 11.5 Å². The molecule has 1 saturated carbocycles. The Labute approximate surface area is 198 Å². The highest BCUT2D eigenvalue weighted by Gasteiger charge is 2.26. The molecule has 2 aliphatic rings. The number of rotatable bonds is 5. The first kappa shape index (κ1) is 21.8. The van der Waals surface area contributed by atoms with Gasteiger partial charge in [0, 0.05) is 23.1 Å². The molecule has 1 aliphatic heterocycles. The zero-order valence-corrected chi connectivity index (χ0v) is 19.6. The Balaban J connectivity index is 1.42. The summed E-state index contributed by atoms with van der Waals surface area (Å²) in [6.07, 6.45) is 5.82. The largest absolute Gasteiger partial charge is 0.454 e. The number of hydrogen-bond donors (Lipinski definition) is 2. The predicted molar refractivity (Wildman–Crippen MR) is 134 cm³/mol. The van der Waals surface area contributed by atoms with Crippen molar-refractivity contribution in [1.82, 2.24) is 15.2 Å². The summed E-state index contributed by atoms with van der Waals surface area (Å²) in [6.45, 7) is 2.79. The van der Waals surface area contributed by atoms with Crippen LogP contribution in [0.4, 0.5) is 0 Å². The van der Waals surface area contributed by atoms with E-state index in [4.69, 9.17) is 21.7 Å². The number of thiocarbonyl (C=S) groups is 1. The average Bonchev–Trinajstić information content (AvgIpc) is 3.29. The van der Waals surface area contributed by atoms with Crippen LogP contribution >= 0.6 is 12.2 Å². The molecule has 0 saturated heterocycles. The molecule has 6 nitrogen and oxygen atoms in total. The second-order valence-electron chi connectivity index (χ2n) is 8.92. The lowest BCUT2D eigenvalue weighted by molar-refractivity contribution is 0.174. The molecule has 0 amide bonds. The summed E-state index contributed by atoms with van der Waals surface area (Å²) in [7, 11) is 0. The van der Waals surface area contributed by atoms with Crippen LogP contribution in [-0.2, 0) is 6.54 Å². The highest BCUT2D eigenvalue weighted by Crippen LogP contribution is 2.35. The molecule has 5 rings (SSSR count). The van der Waals surface area contributed by atoms with Gasteiger partial charge in [-0.05, 0) is 49.7 Å². The maximum Gasteiger partial charge on any atom is 0.253 e. The van der Waals surface area contributed by atoms with Gasteiger partial charge >= 0.3 is 0 Å². The topological polar surface area (TPSA) is 66.6 Å². The summed E-state index contributed by atoms with van der Waals surface area (Å²) in [4.78, 5) is 18.2. The van der Waals surface area contributed by atoms with E-state index in [1.165, 1.54) is 24.8 Å². The fourth-order valence-electron chi connectivity index (χ4n) is 4.79. The van der Waals surface area contributed by atoms with Crippen molar-refractivity contribution < 1.29 is 9.47 Å². The van der Waals surface area contributed by atoms with Crippen LogP contribution < -0.4 is 20.3 Å². The minimum Gasteiger partial charge on any atom is -0.454 e. The molecule has 0 spiro atoms. The van der Waals surface area contributed by atoms with E-state index in [2.05, 4.69) is 34.3 Å². The molecule has 1 fully saturated rings. The number of benzene rings is 2. The van der Waals surface area contributed by atoms with E-state index >= 15 is 0 Å². The zero-order valence-electron chi connectivity index (χ0n) is 18.8. The lowest BCUT2D eigenvalue weighted by atomic mass is 9.94. The number of hydrogen-bond acceptors (Lipinski definition) is 4. The highest BCUT2D eigenvalue weighted by atomic mass is 32.1. The van der Waals surface area contributed by atoms with Gasteiger partial charge < -0.3 is 24.7 Å². The van der Waals surface area contributed by atoms with Gasteiger partial charge in [-0.1, -0.05) is 49.6 Å². The third kappa shape index (κ3) is 4.69. The van der Waals surface area contributed by atoms with Crippen molar-refractivity contribution >= 4 is 28.2 Å². The standard InChI is InChI=1S/C26H29N3O3S/c1-17(18-8-4-2-5-9-18)27-26(33)29(21-10-6-3-7-11-21)15-20-12-19-13-23-24(32-16-31-23)14-22(19)28-25(20)30/h2,4-5,8-9,12-14,17,21H,3,6-7,10-11,15-16H2,1H3,(H,27,33)(H,28,30). The van der Waals surface area contributed by atoms with E-state index in [-0.39, 0.29) is 18.4 Å². The second-order valence-corrected chi connectivity index (χ2v) is 9.30. The summed E-state index contributed by atoms with van der Waals surface area (Å²) >= 11 is 5.90. The SMILES string of the molecule is CC(NC(=S)N(Cc1cc2cc3c(cc2[nH]c1=O)OCO3)C1CCCCC1)c1ccccc1. The number of nitrogens with one attached hydrogen (secondary N) is 2. The fourth-order valence-corrected chi connectivity index (χ4v) is 5.19. The van der Waals surface area contributed by atoms with Gasteiger partial charge in [0.05, 0.1) is 18.1 Å². The van der Waals surface area contributed by atoms with E-state index in [0.29, 0.717) is 34.8 Å². The molecule has 7 heteroatoms. The van der Waals surface area contributed by atoms with Gasteiger partial charge in [-0.3, -0.25) is 4.79 Å². The number of pyridine rings is 1. The van der Waals surface area contributed by atoms with Crippen molar-refractivity contribution in [1.29, 1.82) is 0 Å². The van der Waals surface area contributed by atoms with Crippen LogP contribution in [0.2, 0.25) is 0 Å². The van der Waals surface area contributed by atoms with Crippen LogP contribution in [0.3, 0.4) is 0 Å². The van der Waals surface area contributed by atoms with Gasteiger partial charge in [-0.2, -0.15) is 0 Å². The first-order valence-electron chi connectivity index (χ1n) is 11.7. The number of aromatic nitrogens is 1. The molecule has 1 atom stereocenters. The molecule has 2 N–H and O–H groups in total. The third-order valence-electron chi connectivity index (χ3n) is 6.67. The van der Waals surface area contributed by atoms with Crippen LogP contribution in [0.5, 0.6) is 11.5 Å². The summed E-state index contributed by atoms with van der Waals surface area (Å²) < 4.78 is 11.0. The van der Waals surface area contributed by atoms with E-state index in [1.54, 1.807) is 0 Å². The Bertz CT molecular complexity index is 1200. The van der Waals surface area contributed by atoms with Crippen LogP contribution in [0.25, 0.3) is 10.9 Å². The quantitative estimate of drug-likeness (QED) is 0.518. The monoisotopic (exact) mass is 463 g/mol. The minimum absolute atomic E-state index is 0.0828. The van der Waals surface area contributed by atoms with E-state index in [1.807, 2.05) is 36.4 Å². The summed E-state index contributed by atoms with van der Waals surface area (Å²) in [6, 6.07) is 16.4. The van der Waals surface area contributed by atoms with Crippen LogP contribution in [0.1, 0.15) is 56.2 Å². The maximum absolute atomic E-state index is 13.0. The summed E-state index contributed by atoms with van der Waals surface area (Å²) in [5.74, 6) is 1.37. The lowest BCUT2D eigenvalue weighted by Crippen LogP contribution is -2.47. The normalized spacial score (nSPS) is 16.5. The molecule has 2 aromatic carbocycles. The minimum atomic E-state index is -0.0962. The molecule has 0 bridgehead atoms. The molecule has 1 aromatic heterocycles. The van der Waals surface area contributed by atoms with Crippen molar-refractivity contribution in [3.05, 3.63) is 70.0 Å². The van der Waals surface area contributed by atoms with Gasteiger partial charge in [0.15, 0.2) is 16.6 Å². The number of nitrogens with zero attached hydrogens (tertiary/aromatic N) is 1. The van der Waals surface area contributed by atoms with Crippen molar-refractivity contribution in [2.75, 3.05) is 6.79 Å². The molecular formula is C26H29N3O3S. The molecule has 1 unspecified atom stereocenters. The average molecular weight is 464 g/mol. The highest BCUT2D eigenvalue weighted by molar-refractivity contribution is 7.80. The fraction of sp³-hybridized carbons (Fsp3) is 0.385. The van der Waals surface area contributed by atoms with Crippen LogP contribution in [0.15, 0.2) is 53.3 Å². The van der Waals surface area contributed by atoms with Gasteiger partial charge in [0.1, 0.15) is 0 Å². The smallest absolute Gasteiger partial charge is 0.253 e. The van der Waals surface area contributed by atoms with Crippen LogP contribution in [-0.4, -0.2) is 27.8 Å². The lowest BCUT2D eigenvalue weighted by Gasteiger charge is -2.37. The number of ether oxygens (including phenoxy) is 2. The number of H-pyrrole nitrogens is 1. The van der Waals surface area contributed by atoms with E-state index in [0.717, 1.165) is 23.7 Å². The molecule has 2 heterocycles. The van der Waals surface area contributed by atoms with Crippen LogP contribution in [0, 0.1) is 0 Å². The second kappa shape index (κ2) is 9.43. The molecular weight excluding hydrogens is 434 g/mol. The van der Waals surface area contributed by atoms with Crippen molar-refractivity contribution in [2.24, 2.45) is 0 Å². The summed E-state index contributed by atoms with van der Waals surface area (Å²) in [5, 5.41) is 5.14. The van der Waals surface area contributed by atoms with E-state index < -0.39 is 0 Å². The first-order chi connectivity index (χ1) is 16.1. The molecule has 33 heavy (non-hydrogen) atoms. The maximum atomic E-state index is 13.0. The number of fused-ring (bicyclic) bond motifs is 2. The van der Waals surface area contributed by atoms with Crippen molar-refractivity contribution in [3.63, 3.8) is 0 Å². The van der Waals surface area contributed by atoms with Gasteiger partial charge in [-0.15, -0.1) is 0 Å². The first-order valence-corrected chi connectivity index (χ1v) is 12.1. The Kier molecular flexibility index (Phi) is 6.22. The van der Waals surface area contributed by atoms with Gasteiger partial charge in [0.2, 0.25) is 6.79 Å². The Morgan fingerprint density at radius 1 is 1.12 bits per heavy atom. The zero-order chi connectivity index (χ0) is 22.8. The third-order valence-corrected chi connectivity index (χ3v) is 7.02. The molecule has 3 aromatic rings. The molecule has 1 aliphatic carbocycles. The summed E-state index contributed by atoms with van der Waals surface area (Å²) in [5.41, 5.74) is 2.53. The number of aromatic amines is 1. The molecule has 172 valence electrons. The van der Waals surface area contributed by atoms with Gasteiger partial charge in [0.25, 0.3) is 5.56 Å². The van der Waals surface area contributed by atoms with E-state index in [9.17, 15) is 4.79 Å².